The molecule has 0 aliphatic rings. The van der Waals surface area contributed by atoms with Crippen LogP contribution in [0.15, 0.2) is 36.5 Å². The van der Waals surface area contributed by atoms with E-state index in [0.29, 0.717) is 12.8 Å². The maximum atomic E-state index is 12.4. The van der Waals surface area contributed by atoms with Crippen molar-refractivity contribution in [2.75, 3.05) is 5.75 Å². The Bertz CT molecular complexity index is 791. The van der Waals surface area contributed by atoms with Crippen molar-refractivity contribution < 1.29 is 22.9 Å². The van der Waals surface area contributed by atoms with Gasteiger partial charge in [0.2, 0.25) is 5.91 Å². The topological polar surface area (TPSA) is 104 Å². The molecule has 0 radical (unpaired) electrons. The summed E-state index contributed by atoms with van der Waals surface area (Å²) in [6, 6.07) is -1.07. The summed E-state index contributed by atoms with van der Waals surface area (Å²) in [6.45, 7) is 4.42. The summed E-state index contributed by atoms with van der Waals surface area (Å²) in [7, 11) is -4.34. The third-order valence-electron chi connectivity index (χ3n) is 7.27. The van der Waals surface area contributed by atoms with E-state index in [1.54, 1.807) is 6.08 Å². The monoisotopic (exact) mass is 597 g/mol. The second kappa shape index (κ2) is 28.7. The molecule has 41 heavy (non-hydrogen) atoms. The number of hydrogen-bond acceptors (Lipinski definition) is 4. The third kappa shape index (κ3) is 29.8. The molecule has 0 aromatic carbocycles. The molecule has 0 saturated heterocycles. The van der Waals surface area contributed by atoms with E-state index in [2.05, 4.69) is 43.5 Å². The van der Waals surface area contributed by atoms with Crippen molar-refractivity contribution in [1.82, 2.24) is 5.32 Å². The zero-order valence-corrected chi connectivity index (χ0v) is 27.2. The summed E-state index contributed by atoms with van der Waals surface area (Å²) in [5.74, 6) is -1.02. The zero-order chi connectivity index (χ0) is 30.4. The van der Waals surface area contributed by atoms with Gasteiger partial charge in [-0.3, -0.25) is 9.35 Å². The maximum absolute atomic E-state index is 12.4. The lowest BCUT2D eigenvalue weighted by Crippen LogP contribution is -2.46. The van der Waals surface area contributed by atoms with Crippen LogP contribution in [0.1, 0.15) is 155 Å². The van der Waals surface area contributed by atoms with Crippen LogP contribution in [0.5, 0.6) is 0 Å². The largest absolute Gasteiger partial charge is 0.387 e. The normalized spacial score (nSPS) is 14.0. The van der Waals surface area contributed by atoms with Crippen LogP contribution in [-0.4, -0.2) is 41.9 Å². The average molecular weight is 598 g/mol. The molecule has 2 atom stereocenters. The van der Waals surface area contributed by atoms with Gasteiger partial charge in [0.15, 0.2) is 0 Å². The number of rotatable bonds is 29. The first-order chi connectivity index (χ1) is 19.8. The molecule has 0 rings (SSSR count). The Morgan fingerprint density at radius 2 is 1.10 bits per heavy atom. The quantitative estimate of drug-likeness (QED) is 0.0453. The number of aliphatic hydroxyl groups excluding tert-OH is 1. The smallest absolute Gasteiger partial charge is 0.267 e. The summed E-state index contributed by atoms with van der Waals surface area (Å²) in [5, 5.41) is 13.1. The van der Waals surface area contributed by atoms with Gasteiger partial charge in [0.1, 0.15) is 0 Å². The minimum atomic E-state index is -4.34. The molecule has 0 fully saturated rings. The van der Waals surface area contributed by atoms with Crippen molar-refractivity contribution in [2.24, 2.45) is 0 Å². The Hall–Kier alpha value is -1.44. The van der Waals surface area contributed by atoms with E-state index in [0.717, 1.165) is 51.4 Å². The van der Waals surface area contributed by atoms with Gasteiger partial charge >= 0.3 is 0 Å². The Morgan fingerprint density at radius 3 is 1.63 bits per heavy atom. The molecular weight excluding hydrogens is 534 g/mol. The van der Waals surface area contributed by atoms with Gasteiger partial charge in [0.25, 0.3) is 10.1 Å². The van der Waals surface area contributed by atoms with Crippen molar-refractivity contribution in [1.29, 1.82) is 0 Å². The first kappa shape index (κ1) is 39.6. The van der Waals surface area contributed by atoms with Crippen molar-refractivity contribution >= 4 is 16.0 Å². The molecule has 0 spiro atoms. The maximum Gasteiger partial charge on any atom is 0.267 e. The number of allylic oxidation sites excluding steroid dienone is 5. The fourth-order valence-electron chi connectivity index (χ4n) is 4.76. The number of carbonyl (C=O) groups excluding carboxylic acids is 1. The highest BCUT2D eigenvalue weighted by Gasteiger charge is 2.24. The van der Waals surface area contributed by atoms with Crippen molar-refractivity contribution in [3.63, 3.8) is 0 Å². The number of aliphatic hydroxyl groups is 1. The Morgan fingerprint density at radius 1 is 0.634 bits per heavy atom. The van der Waals surface area contributed by atoms with Crippen LogP contribution in [0.3, 0.4) is 0 Å². The minimum Gasteiger partial charge on any atom is -0.387 e. The van der Waals surface area contributed by atoms with Crippen molar-refractivity contribution in [2.45, 2.75) is 167 Å². The Kier molecular flexibility index (Phi) is 27.7. The van der Waals surface area contributed by atoms with Crippen LogP contribution in [-0.2, 0) is 14.9 Å². The molecule has 0 aliphatic carbocycles. The highest BCUT2D eigenvalue weighted by atomic mass is 32.2. The standard InChI is InChI=1S/C34H63NO5S/c1-3-5-7-9-11-13-15-16-17-18-19-20-21-23-25-27-29-33(36)32(31-41(38,39)40)35-34(37)30-28-26-24-22-14-12-10-8-6-4-2/h8,10,20-21,27,29,32-33,36H,3-7,9,11-19,22-26,28,30-31H2,1-2H3,(H,35,37)(H,38,39,40)/b10-8-,21-20+,29-27+. The second-order valence-corrected chi connectivity index (χ2v) is 12.9. The Balaban J connectivity index is 4.10. The van der Waals surface area contributed by atoms with E-state index in [1.807, 2.05) is 0 Å². The molecular formula is C34H63NO5S. The number of nitrogens with one attached hydrogen (secondary N) is 1. The summed E-state index contributed by atoms with van der Waals surface area (Å²) in [5.41, 5.74) is 0. The summed E-state index contributed by atoms with van der Waals surface area (Å²) >= 11 is 0. The number of carbonyl (C=O) groups is 1. The van der Waals surface area contributed by atoms with Gasteiger partial charge in [-0.2, -0.15) is 8.42 Å². The predicted molar refractivity (Wildman–Crippen MR) is 175 cm³/mol. The van der Waals surface area contributed by atoms with Crippen LogP contribution >= 0.6 is 0 Å². The van der Waals surface area contributed by atoms with Crippen LogP contribution in [0, 0.1) is 0 Å². The molecule has 0 aliphatic heterocycles. The van der Waals surface area contributed by atoms with Gasteiger partial charge in [-0.05, 0) is 51.4 Å². The molecule has 3 N–H and O–H groups in total. The predicted octanol–water partition coefficient (Wildman–Crippen LogP) is 9.01. The molecule has 2 unspecified atom stereocenters. The van der Waals surface area contributed by atoms with Crippen molar-refractivity contribution in [3.8, 4) is 0 Å². The first-order valence-corrected chi connectivity index (χ1v) is 18.3. The van der Waals surface area contributed by atoms with Gasteiger partial charge in [0.05, 0.1) is 17.9 Å². The molecule has 0 bridgehead atoms. The van der Waals surface area contributed by atoms with Gasteiger partial charge in [-0.1, -0.05) is 134 Å². The molecule has 7 heteroatoms. The molecule has 0 aromatic heterocycles. The van der Waals surface area contributed by atoms with E-state index in [9.17, 15) is 22.9 Å². The zero-order valence-electron chi connectivity index (χ0n) is 26.4. The summed E-state index contributed by atoms with van der Waals surface area (Å²) in [4.78, 5) is 12.4. The van der Waals surface area contributed by atoms with Gasteiger partial charge in [-0.15, -0.1) is 0 Å². The van der Waals surface area contributed by atoms with E-state index in [4.69, 9.17) is 0 Å². The summed E-state index contributed by atoms with van der Waals surface area (Å²) < 4.78 is 32.2. The van der Waals surface area contributed by atoms with Gasteiger partial charge < -0.3 is 10.4 Å². The van der Waals surface area contributed by atoms with Gasteiger partial charge in [0, 0.05) is 6.42 Å². The molecule has 240 valence electrons. The van der Waals surface area contributed by atoms with Crippen molar-refractivity contribution in [3.05, 3.63) is 36.5 Å². The van der Waals surface area contributed by atoms with Crippen LogP contribution < -0.4 is 5.32 Å². The summed E-state index contributed by atoms with van der Waals surface area (Å²) in [6.07, 6.45) is 35.6. The molecule has 0 saturated carbocycles. The van der Waals surface area contributed by atoms with Crippen LogP contribution in [0.4, 0.5) is 0 Å². The molecule has 0 heterocycles. The number of hydrogen-bond donors (Lipinski definition) is 3. The number of unbranched alkanes of at least 4 members (excludes halogenated alkanes) is 17. The highest BCUT2D eigenvalue weighted by molar-refractivity contribution is 7.85. The molecule has 6 nitrogen and oxygen atoms in total. The van der Waals surface area contributed by atoms with Crippen LogP contribution in [0.2, 0.25) is 0 Å². The highest BCUT2D eigenvalue weighted by Crippen LogP contribution is 2.12. The SMILES string of the molecule is CCC/C=C\CCCCCCCC(=O)NC(CS(=O)(=O)O)C(O)/C=C/CC/C=C/CCCCCCCCCCCC. The third-order valence-corrected chi connectivity index (χ3v) is 8.05. The Labute approximate surface area is 253 Å². The molecule has 0 aromatic rings. The fourth-order valence-corrected chi connectivity index (χ4v) is 5.49. The lowest BCUT2D eigenvalue weighted by atomic mass is 10.1. The first-order valence-electron chi connectivity index (χ1n) is 16.7. The molecule has 1 amide bonds. The lowest BCUT2D eigenvalue weighted by molar-refractivity contribution is -0.122. The second-order valence-electron chi connectivity index (χ2n) is 11.4. The van der Waals surface area contributed by atoms with Gasteiger partial charge in [-0.25, -0.2) is 0 Å². The average Bonchev–Trinajstić information content (AvgIpc) is 2.92. The minimum absolute atomic E-state index is 0.276. The van der Waals surface area contributed by atoms with E-state index in [-0.39, 0.29) is 12.3 Å². The fraction of sp³-hybridized carbons (Fsp3) is 0.794. The van der Waals surface area contributed by atoms with E-state index >= 15 is 0 Å². The lowest BCUT2D eigenvalue weighted by Gasteiger charge is -2.21. The number of amides is 1. The van der Waals surface area contributed by atoms with E-state index < -0.39 is 28.0 Å². The van der Waals surface area contributed by atoms with Crippen LogP contribution in [0.25, 0.3) is 0 Å². The van der Waals surface area contributed by atoms with E-state index in [1.165, 1.54) is 76.7 Å².